The van der Waals surface area contributed by atoms with Gasteiger partial charge in [0, 0.05) is 30.9 Å². The van der Waals surface area contributed by atoms with E-state index in [1.54, 1.807) is 11.3 Å². The summed E-state index contributed by atoms with van der Waals surface area (Å²) in [5.74, 6) is 0.295. The molecule has 2 fully saturated rings. The molecule has 1 aliphatic heterocycles. The number of nitrogens with one attached hydrogen (secondary N) is 1. The van der Waals surface area contributed by atoms with Crippen molar-refractivity contribution in [2.75, 3.05) is 13.1 Å². The van der Waals surface area contributed by atoms with Crippen LogP contribution in [-0.2, 0) is 11.2 Å². The molecule has 1 atom stereocenters. The molecular weight excluding hydrogens is 246 g/mol. The number of amides is 1. The summed E-state index contributed by atoms with van der Waals surface area (Å²) in [7, 11) is 0. The normalized spacial score (nSPS) is 24.6. The Bertz CT molecular complexity index is 402. The van der Waals surface area contributed by atoms with Crippen molar-refractivity contribution in [1.82, 2.24) is 15.2 Å². The van der Waals surface area contributed by atoms with Crippen LogP contribution in [0.4, 0.5) is 0 Å². The molecule has 0 aromatic carbocycles. The van der Waals surface area contributed by atoms with Crippen LogP contribution in [0.3, 0.4) is 0 Å². The molecular formula is C13H19N3OS. The second kappa shape index (κ2) is 5.36. The Balaban J connectivity index is 1.52. The van der Waals surface area contributed by atoms with Crippen molar-refractivity contribution in [3.8, 4) is 0 Å². The maximum atomic E-state index is 12.3. The van der Waals surface area contributed by atoms with Gasteiger partial charge in [0.2, 0.25) is 5.91 Å². The summed E-state index contributed by atoms with van der Waals surface area (Å²) in [5, 5.41) is 5.52. The summed E-state index contributed by atoms with van der Waals surface area (Å²) in [6.45, 7) is 1.72. The number of hydrogen-bond acceptors (Lipinski definition) is 4. The molecule has 2 heterocycles. The van der Waals surface area contributed by atoms with E-state index in [-0.39, 0.29) is 6.04 Å². The van der Waals surface area contributed by atoms with E-state index in [1.807, 2.05) is 10.4 Å². The molecule has 1 saturated heterocycles. The molecule has 1 amide bonds. The highest BCUT2D eigenvalue weighted by molar-refractivity contribution is 7.07. The molecule has 1 aromatic heterocycles. The van der Waals surface area contributed by atoms with Crippen molar-refractivity contribution in [3.63, 3.8) is 0 Å². The molecule has 1 saturated carbocycles. The molecule has 4 nitrogen and oxygen atoms in total. The number of nitrogens with zero attached hydrogens (tertiary/aromatic N) is 2. The molecule has 5 heteroatoms. The third-order valence-electron chi connectivity index (χ3n) is 3.67. The fourth-order valence-corrected chi connectivity index (χ4v) is 3.05. The second-order valence-corrected chi connectivity index (χ2v) is 5.91. The van der Waals surface area contributed by atoms with Gasteiger partial charge in [-0.1, -0.05) is 0 Å². The highest BCUT2D eigenvalue weighted by Crippen LogP contribution is 2.22. The fraction of sp³-hybridized carbons (Fsp3) is 0.692. The van der Waals surface area contributed by atoms with Gasteiger partial charge in [0.15, 0.2) is 0 Å². The average molecular weight is 265 g/mol. The Morgan fingerprint density at radius 1 is 1.44 bits per heavy atom. The Hall–Kier alpha value is -0.940. The van der Waals surface area contributed by atoms with Gasteiger partial charge in [-0.15, -0.1) is 11.3 Å². The molecule has 18 heavy (non-hydrogen) atoms. The third-order valence-corrected chi connectivity index (χ3v) is 4.30. The predicted octanol–water partition coefficient (Wildman–Crippen LogP) is 1.43. The van der Waals surface area contributed by atoms with Gasteiger partial charge in [-0.05, 0) is 25.7 Å². The first kappa shape index (κ1) is 12.1. The number of aromatic nitrogens is 1. The standard InChI is InChI=1S/C13H19N3OS/c17-13-12(15-10-3-4-10)2-1-6-16(13)7-5-11-8-18-9-14-11/h8-10,12,15H,1-7H2. The lowest BCUT2D eigenvalue weighted by molar-refractivity contribution is -0.136. The predicted molar refractivity (Wildman–Crippen MR) is 71.6 cm³/mol. The van der Waals surface area contributed by atoms with Crippen molar-refractivity contribution < 1.29 is 4.79 Å². The van der Waals surface area contributed by atoms with Crippen LogP contribution in [0, 0.1) is 0 Å². The quantitative estimate of drug-likeness (QED) is 0.876. The molecule has 1 aromatic rings. The topological polar surface area (TPSA) is 45.2 Å². The summed E-state index contributed by atoms with van der Waals surface area (Å²) in [5.41, 5.74) is 2.95. The molecule has 1 unspecified atom stereocenters. The number of rotatable bonds is 5. The van der Waals surface area contributed by atoms with E-state index in [9.17, 15) is 4.79 Å². The first-order chi connectivity index (χ1) is 8.83. The zero-order valence-corrected chi connectivity index (χ0v) is 11.3. The fourth-order valence-electron chi connectivity index (χ4n) is 2.46. The summed E-state index contributed by atoms with van der Waals surface area (Å²) in [4.78, 5) is 18.6. The summed E-state index contributed by atoms with van der Waals surface area (Å²) >= 11 is 1.62. The lowest BCUT2D eigenvalue weighted by atomic mass is 10.0. The lowest BCUT2D eigenvalue weighted by Gasteiger charge is -2.32. The van der Waals surface area contributed by atoms with Gasteiger partial charge in [-0.3, -0.25) is 4.79 Å². The smallest absolute Gasteiger partial charge is 0.239 e. The maximum absolute atomic E-state index is 12.3. The Morgan fingerprint density at radius 2 is 2.33 bits per heavy atom. The van der Waals surface area contributed by atoms with Crippen LogP contribution in [0.15, 0.2) is 10.9 Å². The van der Waals surface area contributed by atoms with Gasteiger partial charge in [-0.25, -0.2) is 4.98 Å². The molecule has 1 N–H and O–H groups in total. The first-order valence-corrected chi connectivity index (χ1v) is 7.69. The van der Waals surface area contributed by atoms with E-state index < -0.39 is 0 Å². The van der Waals surface area contributed by atoms with Crippen molar-refractivity contribution in [1.29, 1.82) is 0 Å². The summed E-state index contributed by atoms with van der Waals surface area (Å²) in [6, 6.07) is 0.680. The van der Waals surface area contributed by atoms with Gasteiger partial charge < -0.3 is 10.2 Å². The van der Waals surface area contributed by atoms with Crippen molar-refractivity contribution in [2.45, 2.75) is 44.2 Å². The van der Waals surface area contributed by atoms with E-state index in [0.29, 0.717) is 11.9 Å². The highest BCUT2D eigenvalue weighted by Gasteiger charge is 2.33. The largest absolute Gasteiger partial charge is 0.341 e. The van der Waals surface area contributed by atoms with Gasteiger partial charge in [-0.2, -0.15) is 0 Å². The van der Waals surface area contributed by atoms with Gasteiger partial charge >= 0.3 is 0 Å². The number of likely N-dealkylation sites (tertiary alicyclic amines) is 1. The van der Waals surface area contributed by atoms with Crippen LogP contribution in [0.25, 0.3) is 0 Å². The molecule has 98 valence electrons. The highest BCUT2D eigenvalue weighted by atomic mass is 32.1. The Labute approximate surface area is 111 Å². The van der Waals surface area contributed by atoms with Gasteiger partial charge in [0.1, 0.15) is 0 Å². The Morgan fingerprint density at radius 3 is 3.06 bits per heavy atom. The van der Waals surface area contributed by atoms with E-state index in [4.69, 9.17) is 0 Å². The zero-order chi connectivity index (χ0) is 12.4. The number of carbonyl (C=O) groups excluding carboxylic acids is 1. The van der Waals surface area contributed by atoms with E-state index in [0.717, 1.165) is 38.0 Å². The molecule has 3 rings (SSSR count). The monoisotopic (exact) mass is 265 g/mol. The SMILES string of the molecule is O=C1C(NC2CC2)CCCN1CCc1cscn1. The Kier molecular flexibility index (Phi) is 3.61. The first-order valence-electron chi connectivity index (χ1n) is 6.75. The molecule has 0 spiro atoms. The molecule has 2 aliphatic rings. The zero-order valence-electron chi connectivity index (χ0n) is 10.5. The van der Waals surface area contributed by atoms with Crippen LogP contribution >= 0.6 is 11.3 Å². The van der Waals surface area contributed by atoms with Crippen LogP contribution in [0.1, 0.15) is 31.4 Å². The van der Waals surface area contributed by atoms with E-state index in [1.165, 1.54) is 12.8 Å². The van der Waals surface area contributed by atoms with Crippen LogP contribution in [0.5, 0.6) is 0 Å². The minimum absolute atomic E-state index is 0.0710. The van der Waals surface area contributed by atoms with Crippen LogP contribution < -0.4 is 5.32 Å². The van der Waals surface area contributed by atoms with Gasteiger partial charge in [0.05, 0.1) is 17.2 Å². The lowest BCUT2D eigenvalue weighted by Crippen LogP contribution is -2.51. The molecule has 1 aliphatic carbocycles. The van der Waals surface area contributed by atoms with Crippen molar-refractivity contribution in [3.05, 3.63) is 16.6 Å². The van der Waals surface area contributed by atoms with Gasteiger partial charge in [0.25, 0.3) is 0 Å². The minimum atomic E-state index is 0.0710. The average Bonchev–Trinajstić information content (AvgIpc) is 3.04. The minimum Gasteiger partial charge on any atom is -0.341 e. The second-order valence-electron chi connectivity index (χ2n) is 5.19. The molecule has 0 bridgehead atoms. The molecule has 0 radical (unpaired) electrons. The number of carbonyl (C=O) groups is 1. The maximum Gasteiger partial charge on any atom is 0.239 e. The summed E-state index contributed by atoms with van der Waals surface area (Å²) < 4.78 is 0. The number of thiazole rings is 1. The van der Waals surface area contributed by atoms with Crippen LogP contribution in [0.2, 0.25) is 0 Å². The summed E-state index contributed by atoms with van der Waals surface area (Å²) in [6.07, 6.45) is 5.48. The van der Waals surface area contributed by atoms with Crippen molar-refractivity contribution in [2.24, 2.45) is 0 Å². The van der Waals surface area contributed by atoms with E-state index >= 15 is 0 Å². The third kappa shape index (κ3) is 2.90. The van der Waals surface area contributed by atoms with Crippen LogP contribution in [-0.4, -0.2) is 41.0 Å². The number of hydrogen-bond donors (Lipinski definition) is 1. The van der Waals surface area contributed by atoms with Crippen molar-refractivity contribution >= 4 is 17.2 Å². The number of piperidine rings is 1. The van der Waals surface area contributed by atoms with E-state index in [2.05, 4.69) is 15.7 Å².